The van der Waals surface area contributed by atoms with E-state index in [9.17, 15) is 15.3 Å². The predicted octanol–water partition coefficient (Wildman–Crippen LogP) is -0.306. The second-order valence-corrected chi connectivity index (χ2v) is 6.14. The molecule has 0 aromatic rings. The summed E-state index contributed by atoms with van der Waals surface area (Å²) in [7, 11) is 0. The van der Waals surface area contributed by atoms with E-state index in [1.165, 1.54) is 0 Å². The molecule has 112 valence electrons. The van der Waals surface area contributed by atoms with E-state index in [2.05, 4.69) is 24.1 Å². The molecule has 2 aliphatic heterocycles. The van der Waals surface area contributed by atoms with Crippen molar-refractivity contribution in [3.63, 3.8) is 0 Å². The SMILES string of the molecule is CCCC(C)NC1CN2CCCC(O)C2C(O)C1O. The average molecular weight is 272 g/mol. The van der Waals surface area contributed by atoms with Gasteiger partial charge in [0.2, 0.25) is 0 Å². The Labute approximate surface area is 115 Å². The highest BCUT2D eigenvalue weighted by Crippen LogP contribution is 2.27. The van der Waals surface area contributed by atoms with Crippen LogP contribution in [0.5, 0.6) is 0 Å². The van der Waals surface area contributed by atoms with Crippen LogP contribution in [0, 0.1) is 0 Å². The zero-order chi connectivity index (χ0) is 14.0. The summed E-state index contributed by atoms with van der Waals surface area (Å²) in [5.41, 5.74) is 0. The standard InChI is InChI=1S/C14H28N2O3/c1-3-5-9(2)15-10-8-16-7-4-6-11(17)12(16)14(19)13(10)18/h9-15,17-19H,3-8H2,1-2H3. The topological polar surface area (TPSA) is 76.0 Å². The van der Waals surface area contributed by atoms with Crippen LogP contribution >= 0.6 is 0 Å². The second-order valence-electron chi connectivity index (χ2n) is 6.14. The Hall–Kier alpha value is -0.200. The fourth-order valence-electron chi connectivity index (χ4n) is 3.56. The van der Waals surface area contributed by atoms with Gasteiger partial charge in [-0.05, 0) is 32.7 Å². The van der Waals surface area contributed by atoms with Gasteiger partial charge in [0.05, 0.1) is 24.4 Å². The number of piperidine rings is 2. The van der Waals surface area contributed by atoms with Crippen LogP contribution < -0.4 is 5.32 Å². The van der Waals surface area contributed by atoms with Crippen molar-refractivity contribution in [3.8, 4) is 0 Å². The van der Waals surface area contributed by atoms with E-state index < -0.39 is 18.3 Å². The molecular formula is C14H28N2O3. The molecule has 5 heteroatoms. The Kier molecular flexibility index (Phi) is 5.20. The third-order valence-electron chi connectivity index (χ3n) is 4.52. The van der Waals surface area contributed by atoms with Gasteiger partial charge in [0, 0.05) is 18.6 Å². The minimum atomic E-state index is -0.865. The molecule has 6 atom stereocenters. The van der Waals surface area contributed by atoms with Crippen molar-refractivity contribution in [1.82, 2.24) is 10.2 Å². The Morgan fingerprint density at radius 3 is 2.68 bits per heavy atom. The molecule has 5 nitrogen and oxygen atoms in total. The third-order valence-corrected chi connectivity index (χ3v) is 4.52. The molecule has 0 saturated carbocycles. The monoisotopic (exact) mass is 272 g/mol. The molecule has 0 radical (unpaired) electrons. The molecule has 2 aliphatic rings. The van der Waals surface area contributed by atoms with Gasteiger partial charge in [0.1, 0.15) is 0 Å². The minimum absolute atomic E-state index is 0.113. The molecule has 2 rings (SSSR count). The van der Waals surface area contributed by atoms with Gasteiger partial charge >= 0.3 is 0 Å². The molecule has 0 aliphatic carbocycles. The van der Waals surface area contributed by atoms with Crippen molar-refractivity contribution in [2.45, 2.75) is 76.0 Å². The van der Waals surface area contributed by atoms with E-state index in [4.69, 9.17) is 0 Å². The Morgan fingerprint density at radius 2 is 2.00 bits per heavy atom. The molecule has 0 amide bonds. The lowest BCUT2D eigenvalue weighted by Gasteiger charge is -2.50. The molecule has 0 bridgehead atoms. The van der Waals surface area contributed by atoms with Gasteiger partial charge in [-0.2, -0.15) is 0 Å². The third kappa shape index (κ3) is 3.28. The van der Waals surface area contributed by atoms with E-state index in [0.717, 1.165) is 32.2 Å². The second kappa shape index (κ2) is 6.50. The van der Waals surface area contributed by atoms with Crippen molar-refractivity contribution in [1.29, 1.82) is 0 Å². The van der Waals surface area contributed by atoms with Crippen LogP contribution in [-0.2, 0) is 0 Å². The first-order chi connectivity index (χ1) is 9.04. The van der Waals surface area contributed by atoms with Crippen LogP contribution in [0.2, 0.25) is 0 Å². The lowest BCUT2D eigenvalue weighted by atomic mass is 9.84. The lowest BCUT2D eigenvalue weighted by molar-refractivity contribution is -0.139. The van der Waals surface area contributed by atoms with Crippen molar-refractivity contribution in [2.24, 2.45) is 0 Å². The van der Waals surface area contributed by atoms with Crippen molar-refractivity contribution < 1.29 is 15.3 Å². The van der Waals surface area contributed by atoms with Gasteiger partial charge in [0.25, 0.3) is 0 Å². The van der Waals surface area contributed by atoms with Gasteiger partial charge in [0.15, 0.2) is 0 Å². The summed E-state index contributed by atoms with van der Waals surface area (Å²) in [5.74, 6) is 0. The van der Waals surface area contributed by atoms with Crippen LogP contribution in [0.15, 0.2) is 0 Å². The molecule has 19 heavy (non-hydrogen) atoms. The summed E-state index contributed by atoms with van der Waals surface area (Å²) in [6, 6.07) is -0.0792. The number of hydrogen-bond donors (Lipinski definition) is 4. The maximum Gasteiger partial charge on any atom is 0.0994 e. The molecule has 0 spiro atoms. The van der Waals surface area contributed by atoms with E-state index >= 15 is 0 Å². The van der Waals surface area contributed by atoms with Gasteiger partial charge in [-0.15, -0.1) is 0 Å². The Balaban J connectivity index is 2.00. The fraction of sp³-hybridized carbons (Fsp3) is 1.00. The average Bonchev–Trinajstić information content (AvgIpc) is 2.35. The number of nitrogens with zero attached hydrogens (tertiary/aromatic N) is 1. The molecule has 2 fully saturated rings. The van der Waals surface area contributed by atoms with E-state index in [-0.39, 0.29) is 12.1 Å². The summed E-state index contributed by atoms with van der Waals surface area (Å²) in [6.07, 6.45) is 1.65. The lowest BCUT2D eigenvalue weighted by Crippen LogP contribution is -2.69. The van der Waals surface area contributed by atoms with Crippen molar-refractivity contribution in [3.05, 3.63) is 0 Å². The first-order valence-corrected chi connectivity index (χ1v) is 7.59. The first kappa shape index (κ1) is 15.2. The van der Waals surface area contributed by atoms with Gasteiger partial charge in [-0.3, -0.25) is 4.90 Å². The zero-order valence-corrected chi connectivity index (χ0v) is 12.0. The van der Waals surface area contributed by atoms with Crippen LogP contribution in [0.3, 0.4) is 0 Å². The predicted molar refractivity (Wildman–Crippen MR) is 73.9 cm³/mol. The largest absolute Gasteiger partial charge is 0.391 e. The smallest absolute Gasteiger partial charge is 0.0994 e. The molecule has 2 saturated heterocycles. The molecular weight excluding hydrogens is 244 g/mol. The summed E-state index contributed by atoms with van der Waals surface area (Å²) in [5, 5.41) is 34.0. The van der Waals surface area contributed by atoms with Crippen molar-refractivity contribution >= 4 is 0 Å². The highest BCUT2D eigenvalue weighted by Gasteiger charge is 2.46. The number of hydrogen-bond acceptors (Lipinski definition) is 5. The zero-order valence-electron chi connectivity index (χ0n) is 12.0. The normalized spacial score (nSPS) is 41.8. The van der Waals surface area contributed by atoms with E-state index in [1.807, 2.05) is 0 Å². The molecule has 0 aromatic heterocycles. The van der Waals surface area contributed by atoms with Crippen molar-refractivity contribution in [2.75, 3.05) is 13.1 Å². The van der Waals surface area contributed by atoms with Gasteiger partial charge < -0.3 is 20.6 Å². The minimum Gasteiger partial charge on any atom is -0.391 e. The summed E-state index contributed by atoms with van der Waals surface area (Å²) in [4.78, 5) is 2.13. The summed E-state index contributed by atoms with van der Waals surface area (Å²) in [6.45, 7) is 5.85. The summed E-state index contributed by atoms with van der Waals surface area (Å²) < 4.78 is 0. The van der Waals surface area contributed by atoms with Gasteiger partial charge in [-0.25, -0.2) is 0 Å². The Morgan fingerprint density at radius 1 is 1.26 bits per heavy atom. The number of aliphatic hydroxyl groups excluding tert-OH is 3. The number of aliphatic hydroxyl groups is 3. The molecule has 6 unspecified atom stereocenters. The molecule has 2 heterocycles. The van der Waals surface area contributed by atoms with Crippen LogP contribution in [0.4, 0.5) is 0 Å². The van der Waals surface area contributed by atoms with Crippen LogP contribution in [0.1, 0.15) is 39.5 Å². The maximum atomic E-state index is 10.3. The summed E-state index contributed by atoms with van der Waals surface area (Å²) >= 11 is 0. The molecule has 0 aromatic carbocycles. The van der Waals surface area contributed by atoms with E-state index in [1.54, 1.807) is 0 Å². The quantitative estimate of drug-likeness (QED) is 0.565. The fourth-order valence-corrected chi connectivity index (χ4v) is 3.56. The van der Waals surface area contributed by atoms with Crippen LogP contribution in [-0.4, -0.2) is 69.7 Å². The maximum absolute atomic E-state index is 10.3. The highest BCUT2D eigenvalue weighted by atomic mass is 16.3. The number of nitrogens with one attached hydrogen (secondary N) is 1. The molecule has 4 N–H and O–H groups in total. The van der Waals surface area contributed by atoms with Gasteiger partial charge in [-0.1, -0.05) is 13.3 Å². The Bertz CT molecular complexity index is 288. The van der Waals surface area contributed by atoms with Crippen LogP contribution in [0.25, 0.3) is 0 Å². The number of rotatable bonds is 4. The first-order valence-electron chi connectivity index (χ1n) is 7.59. The number of fused-ring (bicyclic) bond motifs is 1. The highest BCUT2D eigenvalue weighted by molar-refractivity contribution is 5.02. The van der Waals surface area contributed by atoms with E-state index in [0.29, 0.717) is 12.6 Å².